The fourth-order valence-electron chi connectivity index (χ4n) is 2.53. The van der Waals surface area contributed by atoms with Gasteiger partial charge in [0.2, 0.25) is 0 Å². The second-order valence-corrected chi connectivity index (χ2v) is 6.37. The molecule has 2 nitrogen and oxygen atoms in total. The summed E-state index contributed by atoms with van der Waals surface area (Å²) in [6, 6.07) is 14.5. The lowest BCUT2D eigenvalue weighted by molar-refractivity contribution is 0.0945. The van der Waals surface area contributed by atoms with Crippen molar-refractivity contribution in [3.63, 3.8) is 0 Å². The molecule has 1 amide bonds. The summed E-state index contributed by atoms with van der Waals surface area (Å²) >= 11 is 3.26. The highest BCUT2D eigenvalue weighted by atomic mass is 79.9. The highest BCUT2D eigenvalue weighted by molar-refractivity contribution is 9.10. The predicted molar refractivity (Wildman–Crippen MR) is 83.8 cm³/mol. The molecule has 2 aromatic carbocycles. The van der Waals surface area contributed by atoms with E-state index in [1.165, 1.54) is 17.7 Å². The van der Waals surface area contributed by atoms with Crippen molar-refractivity contribution in [1.82, 2.24) is 5.32 Å². The minimum atomic E-state index is -0.500. The van der Waals surface area contributed by atoms with Crippen molar-refractivity contribution < 1.29 is 9.18 Å². The Bertz CT molecular complexity index is 668. The first kappa shape index (κ1) is 14.3. The molecule has 1 N–H and O–H groups in total. The van der Waals surface area contributed by atoms with E-state index in [1.807, 2.05) is 18.2 Å². The van der Waals surface area contributed by atoms with Gasteiger partial charge in [0.05, 0.1) is 5.56 Å². The first-order chi connectivity index (χ1) is 10.1. The van der Waals surface area contributed by atoms with Gasteiger partial charge in [0.15, 0.2) is 0 Å². The molecule has 0 spiro atoms. The highest BCUT2D eigenvalue weighted by Crippen LogP contribution is 2.47. The van der Waals surface area contributed by atoms with E-state index in [-0.39, 0.29) is 16.9 Å². The molecule has 4 heteroatoms. The summed E-state index contributed by atoms with van der Waals surface area (Å²) in [4.78, 5) is 12.2. The van der Waals surface area contributed by atoms with Crippen LogP contribution in [0.4, 0.5) is 4.39 Å². The van der Waals surface area contributed by atoms with Gasteiger partial charge in [-0.25, -0.2) is 4.39 Å². The van der Waals surface area contributed by atoms with Crippen LogP contribution in [0, 0.1) is 5.82 Å². The van der Waals surface area contributed by atoms with Crippen LogP contribution in [0.25, 0.3) is 0 Å². The maximum atomic E-state index is 13.7. The Morgan fingerprint density at radius 3 is 2.57 bits per heavy atom. The van der Waals surface area contributed by atoms with Crippen LogP contribution in [0.3, 0.4) is 0 Å². The normalized spacial score (nSPS) is 15.5. The molecule has 0 aliphatic heterocycles. The summed E-state index contributed by atoms with van der Waals surface area (Å²) in [6.45, 7) is 0.543. The molecule has 0 aromatic heterocycles. The summed E-state index contributed by atoms with van der Waals surface area (Å²) in [5, 5.41) is 2.87. The van der Waals surface area contributed by atoms with Crippen LogP contribution < -0.4 is 5.32 Å². The number of rotatable bonds is 4. The summed E-state index contributed by atoms with van der Waals surface area (Å²) < 4.78 is 14.4. The maximum absolute atomic E-state index is 13.7. The Morgan fingerprint density at radius 2 is 1.90 bits per heavy atom. The number of amides is 1. The standard InChI is InChI=1S/C17H15BrFNO/c18-13-6-7-15(19)14(10-13)16(21)20-11-17(8-9-17)12-4-2-1-3-5-12/h1-7,10H,8-9,11H2,(H,20,21). The van der Waals surface area contributed by atoms with Crippen molar-refractivity contribution in [3.05, 3.63) is 69.9 Å². The number of nitrogens with one attached hydrogen (secondary N) is 1. The second-order valence-electron chi connectivity index (χ2n) is 5.45. The van der Waals surface area contributed by atoms with Gasteiger partial charge >= 0.3 is 0 Å². The van der Waals surface area contributed by atoms with Crippen LogP contribution in [-0.2, 0) is 5.41 Å². The van der Waals surface area contributed by atoms with Crippen molar-refractivity contribution in [2.45, 2.75) is 18.3 Å². The molecule has 108 valence electrons. The number of hydrogen-bond donors (Lipinski definition) is 1. The molecule has 3 rings (SSSR count). The zero-order valence-corrected chi connectivity index (χ0v) is 13.0. The van der Waals surface area contributed by atoms with Crippen molar-refractivity contribution in [2.24, 2.45) is 0 Å². The Balaban J connectivity index is 1.71. The van der Waals surface area contributed by atoms with E-state index < -0.39 is 5.82 Å². The fourth-order valence-corrected chi connectivity index (χ4v) is 2.89. The van der Waals surface area contributed by atoms with E-state index in [1.54, 1.807) is 6.07 Å². The van der Waals surface area contributed by atoms with Crippen LogP contribution in [0.1, 0.15) is 28.8 Å². The van der Waals surface area contributed by atoms with E-state index in [0.29, 0.717) is 11.0 Å². The second kappa shape index (κ2) is 5.60. The van der Waals surface area contributed by atoms with Crippen molar-refractivity contribution in [1.29, 1.82) is 0 Å². The average molecular weight is 348 g/mol. The quantitative estimate of drug-likeness (QED) is 0.887. The van der Waals surface area contributed by atoms with Crippen LogP contribution in [0.2, 0.25) is 0 Å². The van der Waals surface area contributed by atoms with Gasteiger partial charge in [-0.15, -0.1) is 0 Å². The number of benzene rings is 2. The number of carbonyl (C=O) groups excluding carboxylic acids is 1. The fraction of sp³-hybridized carbons (Fsp3) is 0.235. The molecule has 2 aromatic rings. The van der Waals surface area contributed by atoms with Gasteiger partial charge < -0.3 is 5.32 Å². The van der Waals surface area contributed by atoms with E-state index >= 15 is 0 Å². The molecule has 1 aliphatic rings. The lowest BCUT2D eigenvalue weighted by Gasteiger charge is -2.16. The minimum Gasteiger partial charge on any atom is -0.351 e. The molecule has 0 heterocycles. The van der Waals surface area contributed by atoms with Gasteiger partial charge in [-0.05, 0) is 36.6 Å². The van der Waals surface area contributed by atoms with Gasteiger partial charge in [0, 0.05) is 16.4 Å². The SMILES string of the molecule is O=C(NCC1(c2ccccc2)CC1)c1cc(Br)ccc1F. The van der Waals surface area contributed by atoms with Crippen molar-refractivity contribution in [3.8, 4) is 0 Å². The molecule has 0 unspecified atom stereocenters. The summed E-state index contributed by atoms with van der Waals surface area (Å²) in [5.41, 5.74) is 1.34. The van der Waals surface area contributed by atoms with Gasteiger partial charge in [-0.3, -0.25) is 4.79 Å². The molecular formula is C17H15BrFNO. The van der Waals surface area contributed by atoms with E-state index in [4.69, 9.17) is 0 Å². The van der Waals surface area contributed by atoms with Crippen LogP contribution in [-0.4, -0.2) is 12.5 Å². The van der Waals surface area contributed by atoms with Crippen LogP contribution in [0.15, 0.2) is 53.0 Å². The van der Waals surface area contributed by atoms with Crippen molar-refractivity contribution in [2.75, 3.05) is 6.54 Å². The topological polar surface area (TPSA) is 29.1 Å². The monoisotopic (exact) mass is 347 g/mol. The smallest absolute Gasteiger partial charge is 0.254 e. The maximum Gasteiger partial charge on any atom is 0.254 e. The average Bonchev–Trinajstić information content (AvgIpc) is 3.29. The Morgan fingerprint density at radius 1 is 1.19 bits per heavy atom. The van der Waals surface area contributed by atoms with Gasteiger partial charge in [0.25, 0.3) is 5.91 Å². The molecule has 0 bridgehead atoms. The number of hydrogen-bond acceptors (Lipinski definition) is 1. The van der Waals surface area contributed by atoms with Crippen LogP contribution >= 0.6 is 15.9 Å². The van der Waals surface area contributed by atoms with E-state index in [0.717, 1.165) is 12.8 Å². The van der Waals surface area contributed by atoms with E-state index in [9.17, 15) is 9.18 Å². The molecule has 0 radical (unpaired) electrons. The van der Waals surface area contributed by atoms with Gasteiger partial charge in [-0.1, -0.05) is 46.3 Å². The number of halogens is 2. The Kier molecular flexibility index (Phi) is 3.81. The lowest BCUT2D eigenvalue weighted by atomic mass is 9.96. The van der Waals surface area contributed by atoms with Crippen molar-refractivity contribution >= 4 is 21.8 Å². The number of carbonyl (C=O) groups is 1. The Hall–Kier alpha value is -1.68. The third-order valence-corrected chi connectivity index (χ3v) is 4.49. The molecule has 1 saturated carbocycles. The summed E-state index contributed by atoms with van der Waals surface area (Å²) in [5.74, 6) is -0.865. The lowest BCUT2D eigenvalue weighted by Crippen LogP contribution is -2.32. The highest BCUT2D eigenvalue weighted by Gasteiger charge is 2.44. The van der Waals surface area contributed by atoms with Gasteiger partial charge in [0.1, 0.15) is 5.82 Å². The summed E-state index contributed by atoms with van der Waals surface area (Å²) in [6.07, 6.45) is 2.11. The minimum absolute atomic E-state index is 0.0272. The molecule has 0 saturated heterocycles. The van der Waals surface area contributed by atoms with Crippen LogP contribution in [0.5, 0.6) is 0 Å². The Labute approximate surface area is 131 Å². The van der Waals surface area contributed by atoms with E-state index in [2.05, 4.69) is 33.4 Å². The molecule has 21 heavy (non-hydrogen) atoms. The summed E-state index contributed by atoms with van der Waals surface area (Å²) in [7, 11) is 0. The first-order valence-electron chi connectivity index (χ1n) is 6.90. The predicted octanol–water partition coefficient (Wildman–Crippen LogP) is 4.05. The zero-order chi connectivity index (χ0) is 14.9. The molecule has 1 fully saturated rings. The molecule has 1 aliphatic carbocycles. The molecular weight excluding hydrogens is 333 g/mol. The zero-order valence-electron chi connectivity index (χ0n) is 11.4. The largest absolute Gasteiger partial charge is 0.351 e. The first-order valence-corrected chi connectivity index (χ1v) is 7.69. The third-order valence-electron chi connectivity index (χ3n) is 4.00. The third kappa shape index (κ3) is 3.00. The molecule has 0 atom stereocenters. The van der Waals surface area contributed by atoms with Gasteiger partial charge in [-0.2, -0.15) is 0 Å².